The number of guanidine groups is 1. The smallest absolute Gasteiger partial charge is 0.247 e. The molecule has 2 fully saturated rings. The van der Waals surface area contributed by atoms with Crippen molar-refractivity contribution in [3.63, 3.8) is 0 Å². The number of hydrogen-bond acceptors (Lipinski definition) is 6. The summed E-state index contributed by atoms with van der Waals surface area (Å²) in [5.74, 6) is 0.732. The fourth-order valence-electron chi connectivity index (χ4n) is 4.72. The van der Waals surface area contributed by atoms with E-state index in [2.05, 4.69) is 15.6 Å². The van der Waals surface area contributed by atoms with Crippen molar-refractivity contribution in [3.05, 3.63) is 30.0 Å². The van der Waals surface area contributed by atoms with Crippen LogP contribution >= 0.6 is 0 Å². The van der Waals surface area contributed by atoms with Crippen LogP contribution in [0.2, 0.25) is 0 Å². The number of rotatable bonds is 5. The normalized spacial score (nSPS) is 21.4. The van der Waals surface area contributed by atoms with Gasteiger partial charge in [-0.1, -0.05) is 0 Å². The topological polar surface area (TPSA) is 140 Å². The van der Waals surface area contributed by atoms with Crippen molar-refractivity contribution in [2.75, 3.05) is 31.5 Å². The summed E-state index contributed by atoms with van der Waals surface area (Å²) in [6, 6.07) is 6.85. The minimum Gasteiger partial charge on any atom is -0.461 e. The van der Waals surface area contributed by atoms with Gasteiger partial charge in [0, 0.05) is 36.7 Å². The summed E-state index contributed by atoms with van der Waals surface area (Å²) in [5.41, 5.74) is 7.29. The van der Waals surface area contributed by atoms with E-state index in [1.165, 1.54) is 0 Å². The van der Waals surface area contributed by atoms with Crippen molar-refractivity contribution in [3.8, 4) is 6.19 Å². The Morgan fingerprint density at radius 2 is 2.12 bits per heavy atom. The van der Waals surface area contributed by atoms with E-state index in [1.54, 1.807) is 9.80 Å². The zero-order valence-electron chi connectivity index (χ0n) is 19.4. The highest BCUT2D eigenvalue weighted by Crippen LogP contribution is 2.23. The van der Waals surface area contributed by atoms with Crippen LogP contribution in [0.25, 0.3) is 11.0 Å². The number of carbonyl (C=O) groups excluding carboxylic acids is 2. The first-order chi connectivity index (χ1) is 16.5. The molecule has 2 aliphatic rings. The summed E-state index contributed by atoms with van der Waals surface area (Å²) in [7, 11) is 0. The van der Waals surface area contributed by atoms with Crippen LogP contribution < -0.4 is 16.4 Å². The van der Waals surface area contributed by atoms with Gasteiger partial charge in [-0.05, 0) is 63.3 Å². The van der Waals surface area contributed by atoms with E-state index in [0.29, 0.717) is 31.7 Å². The van der Waals surface area contributed by atoms with Gasteiger partial charge in [0.25, 0.3) is 0 Å². The standard InChI is InChI=1S/C24H31N7O3/c1-16-11-17-12-18(7-8-21(17)34-16)28-24(27-15-26)29-20-6-2-3-9-30(23(20)33)14-22(32)31-10-4-5-19(31)13-25/h7-8,11-12,19-20H,2-6,9-10,13-14,25H2,1H3,(H2,27,28,29)/t19-,20+/m1/s1. The monoisotopic (exact) mass is 465 g/mol. The first-order valence-electron chi connectivity index (χ1n) is 11.8. The van der Waals surface area contributed by atoms with Crippen LogP contribution in [0.1, 0.15) is 37.9 Å². The highest BCUT2D eigenvalue weighted by atomic mass is 16.3. The van der Waals surface area contributed by atoms with Crippen molar-refractivity contribution < 1.29 is 14.0 Å². The summed E-state index contributed by atoms with van der Waals surface area (Å²) < 4.78 is 5.60. The van der Waals surface area contributed by atoms with Gasteiger partial charge in [-0.2, -0.15) is 5.26 Å². The zero-order chi connectivity index (χ0) is 24.1. The Kier molecular flexibility index (Phi) is 7.33. The molecular weight excluding hydrogens is 434 g/mol. The Morgan fingerprint density at radius 3 is 2.91 bits per heavy atom. The van der Waals surface area contributed by atoms with Crippen LogP contribution in [0, 0.1) is 18.4 Å². The van der Waals surface area contributed by atoms with Crippen LogP contribution in [0.4, 0.5) is 5.69 Å². The molecule has 4 N–H and O–H groups in total. The van der Waals surface area contributed by atoms with Gasteiger partial charge in [-0.15, -0.1) is 0 Å². The molecule has 0 spiro atoms. The molecule has 2 aliphatic heterocycles. The number of hydrogen-bond donors (Lipinski definition) is 3. The second-order valence-electron chi connectivity index (χ2n) is 8.84. The Bertz CT molecular complexity index is 1120. The van der Waals surface area contributed by atoms with Crippen LogP contribution in [0.5, 0.6) is 0 Å². The highest BCUT2D eigenvalue weighted by Gasteiger charge is 2.32. The third-order valence-corrected chi connectivity index (χ3v) is 6.41. The zero-order valence-corrected chi connectivity index (χ0v) is 19.4. The van der Waals surface area contributed by atoms with Crippen LogP contribution in [0.3, 0.4) is 0 Å². The highest BCUT2D eigenvalue weighted by molar-refractivity contribution is 5.98. The largest absolute Gasteiger partial charge is 0.461 e. The lowest BCUT2D eigenvalue weighted by Crippen LogP contribution is -2.48. The SMILES string of the molecule is Cc1cc2cc(NC(=N[C@H]3CCCCN(CC(=O)N4CCC[C@@H]4CN)C3=O)NC#N)ccc2o1. The minimum absolute atomic E-state index is 0.0340. The lowest BCUT2D eigenvalue weighted by Gasteiger charge is -2.28. The van der Waals surface area contributed by atoms with Crippen LogP contribution in [-0.2, 0) is 9.59 Å². The predicted octanol–water partition coefficient (Wildman–Crippen LogP) is 1.91. The number of aryl methyl sites for hydroxylation is 1. The molecule has 0 aliphatic carbocycles. The van der Waals surface area contributed by atoms with Crippen LogP contribution in [-0.4, -0.2) is 65.8 Å². The molecule has 180 valence electrons. The molecule has 10 heteroatoms. The average molecular weight is 466 g/mol. The van der Waals surface area contributed by atoms with E-state index in [-0.39, 0.29) is 30.4 Å². The molecule has 2 aromatic rings. The Morgan fingerprint density at radius 1 is 1.26 bits per heavy atom. The number of fused-ring (bicyclic) bond motifs is 1. The maximum Gasteiger partial charge on any atom is 0.247 e. The summed E-state index contributed by atoms with van der Waals surface area (Å²) in [5, 5.41) is 15.8. The third-order valence-electron chi connectivity index (χ3n) is 6.41. The number of furan rings is 1. The minimum atomic E-state index is -0.678. The predicted molar refractivity (Wildman–Crippen MR) is 129 cm³/mol. The van der Waals surface area contributed by atoms with Gasteiger partial charge >= 0.3 is 0 Å². The van der Waals surface area contributed by atoms with Gasteiger partial charge in [-0.3, -0.25) is 14.9 Å². The molecule has 10 nitrogen and oxygen atoms in total. The number of anilines is 1. The maximum absolute atomic E-state index is 13.3. The number of nitrogens with one attached hydrogen (secondary N) is 2. The third kappa shape index (κ3) is 5.31. The lowest BCUT2D eigenvalue weighted by molar-refractivity contribution is -0.141. The maximum atomic E-state index is 13.3. The second kappa shape index (κ2) is 10.6. The number of benzene rings is 1. The van der Waals surface area contributed by atoms with Crippen molar-refractivity contribution in [1.82, 2.24) is 15.1 Å². The van der Waals surface area contributed by atoms with Crippen molar-refractivity contribution in [2.45, 2.75) is 51.1 Å². The van der Waals surface area contributed by atoms with Crippen LogP contribution in [0.15, 0.2) is 33.7 Å². The number of nitrogens with zero attached hydrogens (tertiary/aromatic N) is 4. The van der Waals surface area contributed by atoms with Crippen molar-refractivity contribution >= 4 is 34.4 Å². The van der Waals surface area contributed by atoms with E-state index < -0.39 is 6.04 Å². The molecule has 0 unspecified atom stereocenters. The van der Waals surface area contributed by atoms with Gasteiger partial charge in [0.2, 0.25) is 17.8 Å². The van der Waals surface area contributed by atoms with E-state index in [0.717, 1.165) is 42.4 Å². The molecule has 2 amide bonds. The Hall–Kier alpha value is -3.58. The van der Waals surface area contributed by atoms with Gasteiger partial charge < -0.3 is 25.3 Å². The number of carbonyl (C=O) groups is 2. The van der Waals surface area contributed by atoms with Crippen molar-refractivity contribution in [2.24, 2.45) is 10.7 Å². The van der Waals surface area contributed by atoms with E-state index in [9.17, 15) is 14.9 Å². The molecule has 1 aromatic carbocycles. The molecule has 2 atom stereocenters. The molecule has 3 heterocycles. The number of nitrogens with two attached hydrogens (primary N) is 1. The number of nitriles is 1. The van der Waals surface area contributed by atoms with Crippen molar-refractivity contribution in [1.29, 1.82) is 5.26 Å². The van der Waals surface area contributed by atoms with Gasteiger partial charge in [0.15, 0.2) is 6.19 Å². The number of amides is 2. The molecule has 2 saturated heterocycles. The van der Waals surface area contributed by atoms with Gasteiger partial charge in [-0.25, -0.2) is 4.99 Å². The molecule has 34 heavy (non-hydrogen) atoms. The average Bonchev–Trinajstić information content (AvgIpc) is 3.40. The first kappa shape index (κ1) is 23.6. The van der Waals surface area contributed by atoms with E-state index in [1.807, 2.05) is 37.4 Å². The lowest BCUT2D eigenvalue weighted by atomic mass is 10.1. The quantitative estimate of drug-likeness (QED) is 0.265. The van der Waals surface area contributed by atoms with Gasteiger partial charge in [0.1, 0.15) is 17.4 Å². The second-order valence-corrected chi connectivity index (χ2v) is 8.84. The van der Waals surface area contributed by atoms with E-state index in [4.69, 9.17) is 10.2 Å². The fourth-order valence-corrected chi connectivity index (χ4v) is 4.72. The summed E-state index contributed by atoms with van der Waals surface area (Å²) in [6.07, 6.45) is 5.88. The Balaban J connectivity index is 1.49. The number of aliphatic imine (C=N–C) groups is 1. The molecule has 1 aromatic heterocycles. The Labute approximate surface area is 198 Å². The molecule has 0 bridgehead atoms. The summed E-state index contributed by atoms with van der Waals surface area (Å²) in [6.45, 7) is 3.55. The molecule has 0 radical (unpaired) electrons. The molecule has 0 saturated carbocycles. The van der Waals surface area contributed by atoms with Gasteiger partial charge in [0.05, 0.1) is 6.54 Å². The number of likely N-dealkylation sites (tertiary alicyclic amines) is 2. The summed E-state index contributed by atoms with van der Waals surface area (Å²) >= 11 is 0. The van der Waals surface area contributed by atoms with E-state index >= 15 is 0 Å². The molecule has 4 rings (SSSR count). The summed E-state index contributed by atoms with van der Waals surface area (Å²) in [4.78, 5) is 34.1. The molecular formula is C24H31N7O3. The fraction of sp³-hybridized carbons (Fsp3) is 0.500. The first-order valence-corrected chi connectivity index (χ1v) is 11.8.